The Labute approximate surface area is 195 Å². The Morgan fingerprint density at radius 1 is 0.824 bits per heavy atom. The molecule has 0 unspecified atom stereocenters. The zero-order chi connectivity index (χ0) is 23.5. The Morgan fingerprint density at radius 3 is 2.50 bits per heavy atom. The molecule has 0 aliphatic carbocycles. The number of fused-ring (bicyclic) bond motifs is 2. The quantitative estimate of drug-likeness (QED) is 0.585. The average molecular weight is 459 g/mol. The van der Waals surface area contributed by atoms with Crippen LogP contribution >= 0.6 is 0 Å². The summed E-state index contributed by atoms with van der Waals surface area (Å²) in [5, 5.41) is 5.62. The summed E-state index contributed by atoms with van der Waals surface area (Å²) in [6, 6.07) is 19.0. The van der Waals surface area contributed by atoms with Crippen LogP contribution in [0.25, 0.3) is 0 Å². The number of hydrogen-bond donors (Lipinski definition) is 2. The standard InChI is InChI=1S/C25H21N3O6/c29-23(10-11-28-19-6-1-2-7-20(19)32-14-24(28)30)26-17-4-3-5-18(13-17)27-25(31)16-8-9-21-22(12-16)34-15-33-21/h1-9,12-13H,10-11,14-15H2,(H,26,29)(H,27,31). The fraction of sp³-hybridized carbons (Fsp3) is 0.160. The van der Waals surface area contributed by atoms with E-state index in [2.05, 4.69) is 10.6 Å². The highest BCUT2D eigenvalue weighted by molar-refractivity contribution is 6.05. The minimum absolute atomic E-state index is 0.0518. The predicted molar refractivity (Wildman–Crippen MR) is 124 cm³/mol. The van der Waals surface area contributed by atoms with E-state index in [4.69, 9.17) is 14.2 Å². The first kappa shape index (κ1) is 21.3. The molecule has 0 saturated carbocycles. The van der Waals surface area contributed by atoms with Crippen LogP contribution in [0.4, 0.5) is 17.1 Å². The van der Waals surface area contributed by atoms with Crippen LogP contribution in [0.2, 0.25) is 0 Å². The Hall–Kier alpha value is -4.53. The number of carbonyl (C=O) groups excluding carboxylic acids is 3. The largest absolute Gasteiger partial charge is 0.482 e. The van der Waals surface area contributed by atoms with E-state index >= 15 is 0 Å². The molecule has 2 aliphatic heterocycles. The molecule has 2 aliphatic rings. The molecule has 0 aromatic heterocycles. The van der Waals surface area contributed by atoms with Gasteiger partial charge < -0.3 is 29.7 Å². The van der Waals surface area contributed by atoms with Gasteiger partial charge in [-0.1, -0.05) is 18.2 Å². The summed E-state index contributed by atoms with van der Waals surface area (Å²) in [7, 11) is 0. The molecule has 5 rings (SSSR count). The van der Waals surface area contributed by atoms with Crippen LogP contribution in [-0.2, 0) is 9.59 Å². The highest BCUT2D eigenvalue weighted by Gasteiger charge is 2.25. The number of carbonyl (C=O) groups is 3. The van der Waals surface area contributed by atoms with Crippen molar-refractivity contribution in [3.05, 3.63) is 72.3 Å². The lowest BCUT2D eigenvalue weighted by atomic mass is 10.2. The van der Waals surface area contributed by atoms with Crippen molar-refractivity contribution in [1.29, 1.82) is 0 Å². The van der Waals surface area contributed by atoms with Gasteiger partial charge in [-0.2, -0.15) is 0 Å². The molecule has 0 spiro atoms. The summed E-state index contributed by atoms with van der Waals surface area (Å²) >= 11 is 0. The Kier molecular flexibility index (Phi) is 5.73. The second kappa shape index (κ2) is 9.14. The monoisotopic (exact) mass is 459 g/mol. The van der Waals surface area contributed by atoms with E-state index in [0.717, 1.165) is 0 Å². The minimum atomic E-state index is -0.314. The van der Waals surface area contributed by atoms with Gasteiger partial charge in [-0.05, 0) is 48.5 Å². The molecule has 3 aromatic carbocycles. The number of amides is 3. The number of benzene rings is 3. The fourth-order valence-corrected chi connectivity index (χ4v) is 3.75. The molecule has 9 nitrogen and oxygen atoms in total. The molecule has 172 valence electrons. The van der Waals surface area contributed by atoms with E-state index in [0.29, 0.717) is 39.9 Å². The molecule has 2 N–H and O–H groups in total. The van der Waals surface area contributed by atoms with Gasteiger partial charge in [0.15, 0.2) is 18.1 Å². The highest BCUT2D eigenvalue weighted by Crippen LogP contribution is 2.33. The second-order valence-corrected chi connectivity index (χ2v) is 7.70. The zero-order valence-corrected chi connectivity index (χ0v) is 18.1. The predicted octanol–water partition coefficient (Wildman–Crippen LogP) is 3.42. The van der Waals surface area contributed by atoms with Crippen molar-refractivity contribution < 1.29 is 28.6 Å². The summed E-state index contributed by atoms with van der Waals surface area (Å²) < 4.78 is 16.0. The second-order valence-electron chi connectivity index (χ2n) is 7.70. The van der Waals surface area contributed by atoms with E-state index in [1.165, 1.54) is 0 Å². The van der Waals surface area contributed by atoms with Crippen molar-refractivity contribution >= 4 is 34.8 Å². The lowest BCUT2D eigenvalue weighted by Gasteiger charge is -2.29. The first-order valence-electron chi connectivity index (χ1n) is 10.7. The molecular formula is C25H21N3O6. The molecule has 9 heteroatoms. The van der Waals surface area contributed by atoms with Crippen LogP contribution in [0.5, 0.6) is 17.2 Å². The lowest BCUT2D eigenvalue weighted by molar-refractivity contribution is -0.121. The summed E-state index contributed by atoms with van der Waals surface area (Å²) in [5.41, 5.74) is 2.13. The zero-order valence-electron chi connectivity index (χ0n) is 18.1. The van der Waals surface area contributed by atoms with Gasteiger partial charge in [0.05, 0.1) is 5.69 Å². The maximum absolute atomic E-state index is 12.6. The lowest BCUT2D eigenvalue weighted by Crippen LogP contribution is -2.40. The third-order valence-electron chi connectivity index (χ3n) is 5.41. The van der Waals surface area contributed by atoms with Crippen molar-refractivity contribution in [2.45, 2.75) is 6.42 Å². The van der Waals surface area contributed by atoms with Gasteiger partial charge in [-0.15, -0.1) is 0 Å². The van der Waals surface area contributed by atoms with Crippen LogP contribution in [0.15, 0.2) is 66.7 Å². The van der Waals surface area contributed by atoms with E-state index in [1.807, 2.05) is 12.1 Å². The number of ether oxygens (including phenoxy) is 3. The molecular weight excluding hydrogens is 438 g/mol. The molecule has 34 heavy (non-hydrogen) atoms. The van der Waals surface area contributed by atoms with Gasteiger partial charge in [0.2, 0.25) is 12.7 Å². The van der Waals surface area contributed by atoms with Crippen LogP contribution in [0.3, 0.4) is 0 Å². The van der Waals surface area contributed by atoms with Crippen molar-refractivity contribution in [2.24, 2.45) is 0 Å². The molecule has 2 heterocycles. The number of anilines is 3. The summed E-state index contributed by atoms with van der Waals surface area (Å²) in [6.45, 7) is 0.309. The van der Waals surface area contributed by atoms with Crippen LogP contribution in [0.1, 0.15) is 16.8 Å². The summed E-state index contributed by atoms with van der Waals surface area (Å²) in [4.78, 5) is 39.0. The van der Waals surface area contributed by atoms with Gasteiger partial charge in [0.25, 0.3) is 11.8 Å². The Balaban J connectivity index is 1.19. The first-order chi connectivity index (χ1) is 16.6. The molecule has 3 amide bonds. The summed E-state index contributed by atoms with van der Waals surface area (Å²) in [6.07, 6.45) is 0.105. The average Bonchev–Trinajstić information content (AvgIpc) is 3.31. The first-order valence-corrected chi connectivity index (χ1v) is 10.7. The number of rotatable bonds is 6. The van der Waals surface area contributed by atoms with Gasteiger partial charge in [-0.25, -0.2) is 0 Å². The molecule has 0 bridgehead atoms. The number of para-hydroxylation sites is 2. The molecule has 0 radical (unpaired) electrons. The third kappa shape index (κ3) is 4.49. The maximum Gasteiger partial charge on any atom is 0.265 e. The van der Waals surface area contributed by atoms with E-state index in [9.17, 15) is 14.4 Å². The molecule has 0 fully saturated rings. The maximum atomic E-state index is 12.6. The van der Waals surface area contributed by atoms with Gasteiger partial charge in [0.1, 0.15) is 5.75 Å². The Morgan fingerprint density at radius 2 is 1.62 bits per heavy atom. The number of hydrogen-bond acceptors (Lipinski definition) is 6. The highest BCUT2D eigenvalue weighted by atomic mass is 16.7. The topological polar surface area (TPSA) is 106 Å². The van der Waals surface area contributed by atoms with Gasteiger partial charge in [-0.3, -0.25) is 14.4 Å². The molecule has 3 aromatic rings. The van der Waals surface area contributed by atoms with E-state index in [1.54, 1.807) is 59.5 Å². The van der Waals surface area contributed by atoms with Crippen molar-refractivity contribution in [3.8, 4) is 17.2 Å². The SMILES string of the molecule is O=C(CCN1C(=O)COc2ccccc21)Nc1cccc(NC(=O)c2ccc3c(c2)OCO3)c1. The Bertz CT molecular complexity index is 1280. The van der Waals surface area contributed by atoms with Crippen LogP contribution in [-0.4, -0.2) is 37.7 Å². The van der Waals surface area contributed by atoms with Crippen LogP contribution in [0, 0.1) is 0 Å². The normalized spacial score (nSPS) is 13.6. The van der Waals surface area contributed by atoms with Crippen molar-refractivity contribution in [1.82, 2.24) is 0 Å². The third-order valence-corrected chi connectivity index (χ3v) is 5.41. The van der Waals surface area contributed by atoms with E-state index in [-0.39, 0.29) is 44.1 Å². The van der Waals surface area contributed by atoms with Gasteiger partial charge >= 0.3 is 0 Å². The smallest absolute Gasteiger partial charge is 0.265 e. The van der Waals surface area contributed by atoms with Crippen LogP contribution < -0.4 is 29.7 Å². The summed E-state index contributed by atoms with van der Waals surface area (Å²) in [5.74, 6) is 0.981. The van der Waals surface area contributed by atoms with E-state index < -0.39 is 0 Å². The fourth-order valence-electron chi connectivity index (χ4n) is 3.75. The van der Waals surface area contributed by atoms with Crippen molar-refractivity contribution in [3.63, 3.8) is 0 Å². The minimum Gasteiger partial charge on any atom is -0.482 e. The van der Waals surface area contributed by atoms with Gasteiger partial charge in [0, 0.05) is 29.9 Å². The number of nitrogens with one attached hydrogen (secondary N) is 2. The molecule has 0 saturated heterocycles. The molecule has 0 atom stereocenters. The van der Waals surface area contributed by atoms with Crippen molar-refractivity contribution in [2.75, 3.05) is 35.5 Å². The number of nitrogens with zero attached hydrogens (tertiary/aromatic N) is 1.